The molecule has 3 rings (SSSR count). The van der Waals surface area contributed by atoms with Gasteiger partial charge in [-0.2, -0.15) is 0 Å². The minimum atomic E-state index is 0.154. The molecule has 0 aliphatic heterocycles. The van der Waals surface area contributed by atoms with E-state index < -0.39 is 0 Å². The minimum Gasteiger partial charge on any atom is -0.497 e. The molecule has 0 aliphatic carbocycles. The number of Topliss-reactive ketones (excluding diaryl/α,β-unsaturated/α-hetero) is 1. The molecule has 0 saturated carbocycles. The summed E-state index contributed by atoms with van der Waals surface area (Å²) in [5, 5.41) is 0. The molecule has 2 heterocycles. The number of rotatable bonds is 10. The zero-order chi connectivity index (χ0) is 18.9. The van der Waals surface area contributed by atoms with E-state index in [0.29, 0.717) is 29.5 Å². The number of ketones is 1. The zero-order valence-electron chi connectivity index (χ0n) is 15.6. The molecule has 0 radical (unpaired) electrons. The Morgan fingerprint density at radius 2 is 1.93 bits per heavy atom. The van der Waals surface area contributed by atoms with E-state index in [0.717, 1.165) is 25.7 Å². The summed E-state index contributed by atoms with van der Waals surface area (Å²) in [5.41, 5.74) is 1.99. The van der Waals surface area contributed by atoms with Crippen LogP contribution in [0.2, 0.25) is 0 Å². The van der Waals surface area contributed by atoms with Crippen LogP contribution in [0.3, 0.4) is 0 Å². The molecule has 27 heavy (non-hydrogen) atoms. The third-order valence-electron chi connectivity index (χ3n) is 4.39. The highest BCUT2D eigenvalue weighted by atomic mass is 16.5. The van der Waals surface area contributed by atoms with Crippen molar-refractivity contribution in [1.82, 2.24) is 9.97 Å². The Morgan fingerprint density at radius 3 is 2.74 bits per heavy atom. The van der Waals surface area contributed by atoms with Crippen molar-refractivity contribution in [1.29, 1.82) is 0 Å². The number of pyridine rings is 1. The molecule has 0 aliphatic rings. The molecular formula is C22H24N2O3. The van der Waals surface area contributed by atoms with Crippen LogP contribution in [0.25, 0.3) is 11.5 Å². The summed E-state index contributed by atoms with van der Waals surface area (Å²) in [7, 11) is 1.60. The molecule has 2 aromatic heterocycles. The molecule has 0 amide bonds. The van der Waals surface area contributed by atoms with Crippen molar-refractivity contribution in [2.45, 2.75) is 38.5 Å². The van der Waals surface area contributed by atoms with E-state index in [-0.39, 0.29) is 12.2 Å². The lowest BCUT2D eigenvalue weighted by Crippen LogP contribution is -2.02. The number of carbonyl (C=O) groups is 1. The first-order chi connectivity index (χ1) is 13.2. The summed E-state index contributed by atoms with van der Waals surface area (Å²) in [5.74, 6) is 1.83. The highest BCUT2D eigenvalue weighted by Gasteiger charge is 2.12. The first-order valence-corrected chi connectivity index (χ1v) is 9.25. The molecule has 3 aromatic rings. The maximum absolute atomic E-state index is 12.2. The molecule has 0 bridgehead atoms. The van der Waals surface area contributed by atoms with Crippen LogP contribution in [0.15, 0.2) is 59.3 Å². The quantitative estimate of drug-likeness (QED) is 0.490. The summed E-state index contributed by atoms with van der Waals surface area (Å²) in [6, 6.07) is 14.0. The van der Waals surface area contributed by atoms with Crippen LogP contribution in [0.4, 0.5) is 0 Å². The first kappa shape index (κ1) is 18.8. The third kappa shape index (κ3) is 5.78. The van der Waals surface area contributed by atoms with Crippen molar-refractivity contribution in [2.24, 2.45) is 0 Å². The second-order valence-corrected chi connectivity index (χ2v) is 6.46. The number of benzene rings is 1. The van der Waals surface area contributed by atoms with Crippen LogP contribution in [0, 0.1) is 0 Å². The molecule has 5 heteroatoms. The van der Waals surface area contributed by atoms with Crippen LogP contribution in [0.1, 0.15) is 37.1 Å². The van der Waals surface area contributed by atoms with Gasteiger partial charge in [-0.25, -0.2) is 4.98 Å². The predicted molar refractivity (Wildman–Crippen MR) is 104 cm³/mol. The zero-order valence-corrected chi connectivity index (χ0v) is 15.6. The number of hydrogen-bond donors (Lipinski definition) is 0. The second-order valence-electron chi connectivity index (χ2n) is 6.46. The Kier molecular flexibility index (Phi) is 6.74. The van der Waals surface area contributed by atoms with Gasteiger partial charge in [-0.05, 0) is 30.9 Å². The standard InChI is InChI=1S/C22H24N2O3/c1-26-19-12-13-23-20(15-19)21-16-24-22(27-21)14-18(25)11-7-3-6-10-17-8-4-2-5-9-17/h2,4-5,8-9,12-13,15-16H,3,6-7,10-11,14H2,1H3. The molecule has 0 spiro atoms. The summed E-state index contributed by atoms with van der Waals surface area (Å²) in [6.07, 6.45) is 8.14. The van der Waals surface area contributed by atoms with Gasteiger partial charge in [0.25, 0.3) is 0 Å². The van der Waals surface area contributed by atoms with Crippen molar-refractivity contribution in [3.63, 3.8) is 0 Å². The average Bonchev–Trinajstić information content (AvgIpc) is 3.17. The molecule has 1 aromatic carbocycles. The molecule has 140 valence electrons. The number of hydrogen-bond acceptors (Lipinski definition) is 5. The maximum Gasteiger partial charge on any atom is 0.202 e. The average molecular weight is 364 g/mol. The lowest BCUT2D eigenvalue weighted by atomic mass is 10.0. The lowest BCUT2D eigenvalue weighted by molar-refractivity contribution is -0.118. The van der Waals surface area contributed by atoms with Crippen LogP contribution >= 0.6 is 0 Å². The molecular weight excluding hydrogens is 340 g/mol. The normalized spacial score (nSPS) is 10.7. The van der Waals surface area contributed by atoms with Crippen molar-refractivity contribution in [3.05, 3.63) is 66.3 Å². The smallest absolute Gasteiger partial charge is 0.202 e. The Bertz CT molecular complexity index is 859. The van der Waals surface area contributed by atoms with Gasteiger partial charge in [0, 0.05) is 18.7 Å². The van der Waals surface area contributed by atoms with E-state index in [2.05, 4.69) is 34.2 Å². The van der Waals surface area contributed by atoms with Crippen molar-refractivity contribution in [2.75, 3.05) is 7.11 Å². The van der Waals surface area contributed by atoms with Crippen LogP contribution in [-0.4, -0.2) is 22.9 Å². The van der Waals surface area contributed by atoms with Crippen molar-refractivity contribution in [3.8, 4) is 17.2 Å². The Balaban J connectivity index is 1.41. The van der Waals surface area contributed by atoms with Crippen molar-refractivity contribution >= 4 is 5.78 Å². The van der Waals surface area contributed by atoms with E-state index in [9.17, 15) is 4.79 Å². The van der Waals surface area contributed by atoms with Crippen LogP contribution in [0.5, 0.6) is 5.75 Å². The fourth-order valence-electron chi connectivity index (χ4n) is 2.91. The Hall–Kier alpha value is -2.95. The van der Waals surface area contributed by atoms with Gasteiger partial charge in [0.2, 0.25) is 5.89 Å². The van der Waals surface area contributed by atoms with E-state index >= 15 is 0 Å². The molecule has 5 nitrogen and oxygen atoms in total. The van der Waals surface area contributed by atoms with Gasteiger partial charge in [-0.15, -0.1) is 0 Å². The number of nitrogens with zero attached hydrogens (tertiary/aromatic N) is 2. The number of ether oxygens (including phenoxy) is 1. The summed E-state index contributed by atoms with van der Waals surface area (Å²) in [4.78, 5) is 20.6. The second kappa shape index (κ2) is 9.67. The van der Waals surface area contributed by atoms with Crippen molar-refractivity contribution < 1.29 is 13.9 Å². The monoisotopic (exact) mass is 364 g/mol. The molecule has 0 fully saturated rings. The van der Waals surface area contributed by atoms with E-state index in [1.54, 1.807) is 31.6 Å². The fourth-order valence-corrected chi connectivity index (χ4v) is 2.91. The van der Waals surface area contributed by atoms with Gasteiger partial charge in [0.15, 0.2) is 5.76 Å². The van der Waals surface area contributed by atoms with Gasteiger partial charge < -0.3 is 9.15 Å². The fraction of sp³-hybridized carbons (Fsp3) is 0.318. The topological polar surface area (TPSA) is 65.2 Å². The van der Waals surface area contributed by atoms with Gasteiger partial charge >= 0.3 is 0 Å². The largest absolute Gasteiger partial charge is 0.497 e. The first-order valence-electron chi connectivity index (χ1n) is 9.25. The summed E-state index contributed by atoms with van der Waals surface area (Å²) < 4.78 is 10.9. The molecule has 0 atom stereocenters. The predicted octanol–water partition coefficient (Wildman–Crippen LogP) is 4.66. The molecule has 0 saturated heterocycles. The number of aryl methyl sites for hydroxylation is 1. The van der Waals surface area contributed by atoms with Gasteiger partial charge in [0.1, 0.15) is 17.2 Å². The highest BCUT2D eigenvalue weighted by molar-refractivity contribution is 5.80. The van der Waals surface area contributed by atoms with Gasteiger partial charge in [-0.1, -0.05) is 36.8 Å². The van der Waals surface area contributed by atoms with Crippen LogP contribution in [-0.2, 0) is 17.6 Å². The third-order valence-corrected chi connectivity index (χ3v) is 4.39. The number of unbranched alkanes of at least 4 members (excludes halogenated alkanes) is 2. The molecule has 0 unspecified atom stereocenters. The Morgan fingerprint density at radius 1 is 1.07 bits per heavy atom. The van der Waals surface area contributed by atoms with E-state index in [1.807, 2.05) is 6.07 Å². The number of methoxy groups -OCH3 is 1. The van der Waals surface area contributed by atoms with E-state index in [1.165, 1.54) is 5.56 Å². The van der Waals surface area contributed by atoms with E-state index in [4.69, 9.17) is 9.15 Å². The number of carbonyl (C=O) groups excluding carboxylic acids is 1. The van der Waals surface area contributed by atoms with Crippen LogP contribution < -0.4 is 4.74 Å². The summed E-state index contributed by atoms with van der Waals surface area (Å²) in [6.45, 7) is 0. The highest BCUT2D eigenvalue weighted by Crippen LogP contribution is 2.22. The number of oxazole rings is 1. The maximum atomic E-state index is 12.2. The van der Waals surface area contributed by atoms with Gasteiger partial charge in [0.05, 0.1) is 19.7 Å². The Labute approximate surface area is 159 Å². The lowest BCUT2D eigenvalue weighted by Gasteiger charge is -2.02. The minimum absolute atomic E-state index is 0.154. The molecule has 0 N–H and O–H groups in total. The number of aromatic nitrogens is 2. The summed E-state index contributed by atoms with van der Waals surface area (Å²) >= 11 is 0. The SMILES string of the molecule is COc1ccnc(-c2cnc(CC(=O)CCCCCc3ccccc3)o2)c1. The van der Waals surface area contributed by atoms with Gasteiger partial charge in [-0.3, -0.25) is 9.78 Å².